The van der Waals surface area contributed by atoms with Gasteiger partial charge in [-0.25, -0.2) is 0 Å². The standard InChI is InChI=1S/C11H11NO2/c1-12-9-5-3-2-4-8(9)6-10(12)11(14)7-13/h2-6,13H,7H2,1H3. The number of para-hydroxylation sites is 1. The number of hydrogen-bond donors (Lipinski definition) is 1. The van der Waals surface area contributed by atoms with Crippen LogP contribution in [0.5, 0.6) is 0 Å². The molecule has 72 valence electrons. The Labute approximate surface area is 81.6 Å². The first kappa shape index (κ1) is 8.97. The molecule has 3 nitrogen and oxygen atoms in total. The summed E-state index contributed by atoms with van der Waals surface area (Å²) >= 11 is 0. The first-order chi connectivity index (χ1) is 6.74. The Hall–Kier alpha value is -1.61. The van der Waals surface area contributed by atoms with E-state index in [2.05, 4.69) is 0 Å². The van der Waals surface area contributed by atoms with Crippen molar-refractivity contribution in [1.29, 1.82) is 0 Å². The lowest BCUT2D eigenvalue weighted by molar-refractivity contribution is 0.0896. The topological polar surface area (TPSA) is 42.2 Å². The predicted molar refractivity (Wildman–Crippen MR) is 54.3 cm³/mol. The van der Waals surface area contributed by atoms with Crippen LogP contribution in [0.3, 0.4) is 0 Å². The van der Waals surface area contributed by atoms with Crippen molar-refractivity contribution in [3.05, 3.63) is 36.0 Å². The normalized spacial score (nSPS) is 10.7. The fraction of sp³-hybridized carbons (Fsp3) is 0.182. The molecule has 0 aliphatic heterocycles. The molecule has 0 spiro atoms. The smallest absolute Gasteiger partial charge is 0.204 e. The Morgan fingerprint density at radius 3 is 2.79 bits per heavy atom. The van der Waals surface area contributed by atoms with Gasteiger partial charge in [0.2, 0.25) is 5.78 Å². The number of Topliss-reactive ketones (excluding diaryl/α,β-unsaturated/α-hetero) is 1. The summed E-state index contributed by atoms with van der Waals surface area (Å²) in [7, 11) is 1.82. The minimum Gasteiger partial charge on any atom is -0.388 e. The fourth-order valence-corrected chi connectivity index (χ4v) is 1.64. The van der Waals surface area contributed by atoms with Gasteiger partial charge in [0.15, 0.2) is 0 Å². The van der Waals surface area contributed by atoms with Crippen molar-refractivity contribution >= 4 is 16.7 Å². The van der Waals surface area contributed by atoms with Gasteiger partial charge in [0.05, 0.1) is 5.69 Å². The van der Waals surface area contributed by atoms with Crippen LogP contribution < -0.4 is 0 Å². The average molecular weight is 189 g/mol. The lowest BCUT2D eigenvalue weighted by Gasteiger charge is -2.00. The molecule has 2 rings (SSSR count). The van der Waals surface area contributed by atoms with E-state index in [4.69, 9.17) is 5.11 Å². The molecule has 0 bridgehead atoms. The largest absolute Gasteiger partial charge is 0.388 e. The number of aromatic nitrogens is 1. The maximum absolute atomic E-state index is 11.3. The molecule has 3 heteroatoms. The zero-order valence-corrected chi connectivity index (χ0v) is 7.90. The molecule has 0 amide bonds. The van der Waals surface area contributed by atoms with Crippen molar-refractivity contribution in [2.24, 2.45) is 7.05 Å². The van der Waals surface area contributed by atoms with E-state index in [1.165, 1.54) is 0 Å². The zero-order valence-electron chi connectivity index (χ0n) is 7.90. The molecule has 0 saturated heterocycles. The lowest BCUT2D eigenvalue weighted by atomic mass is 10.2. The van der Waals surface area contributed by atoms with Gasteiger partial charge in [-0.15, -0.1) is 0 Å². The molecule has 1 aromatic carbocycles. The van der Waals surface area contributed by atoms with Crippen molar-refractivity contribution in [2.45, 2.75) is 0 Å². The maximum atomic E-state index is 11.3. The van der Waals surface area contributed by atoms with E-state index in [9.17, 15) is 4.79 Å². The Balaban J connectivity index is 2.68. The summed E-state index contributed by atoms with van der Waals surface area (Å²) in [6, 6.07) is 9.55. The second-order valence-electron chi connectivity index (χ2n) is 3.23. The molecule has 0 aliphatic carbocycles. The minimum atomic E-state index is -0.440. The third kappa shape index (κ3) is 1.22. The van der Waals surface area contributed by atoms with Gasteiger partial charge in [-0.1, -0.05) is 18.2 Å². The van der Waals surface area contributed by atoms with E-state index in [0.717, 1.165) is 10.9 Å². The Morgan fingerprint density at radius 1 is 1.43 bits per heavy atom. The number of rotatable bonds is 2. The van der Waals surface area contributed by atoms with Gasteiger partial charge < -0.3 is 9.67 Å². The number of hydrogen-bond acceptors (Lipinski definition) is 2. The second kappa shape index (κ2) is 3.27. The third-order valence-corrected chi connectivity index (χ3v) is 2.38. The minimum absolute atomic E-state index is 0.247. The highest BCUT2D eigenvalue weighted by molar-refractivity contribution is 6.00. The number of aliphatic hydroxyl groups excluding tert-OH is 1. The summed E-state index contributed by atoms with van der Waals surface area (Å²) in [5.41, 5.74) is 1.55. The van der Waals surface area contributed by atoms with E-state index >= 15 is 0 Å². The number of ketones is 1. The van der Waals surface area contributed by atoms with Crippen molar-refractivity contribution < 1.29 is 9.90 Å². The molecule has 0 unspecified atom stereocenters. The monoisotopic (exact) mass is 189 g/mol. The maximum Gasteiger partial charge on any atom is 0.204 e. The predicted octanol–water partition coefficient (Wildman–Crippen LogP) is 1.35. The number of aryl methyl sites for hydroxylation is 1. The summed E-state index contributed by atoms with van der Waals surface area (Å²) in [6.07, 6.45) is 0. The molecule has 0 atom stereocenters. The summed E-state index contributed by atoms with van der Waals surface area (Å²) in [5, 5.41) is 9.80. The summed E-state index contributed by atoms with van der Waals surface area (Å²) in [5.74, 6) is -0.247. The molecule has 0 radical (unpaired) electrons. The lowest BCUT2D eigenvalue weighted by Crippen LogP contribution is -2.09. The molecular weight excluding hydrogens is 178 g/mol. The van der Waals surface area contributed by atoms with Crippen LogP contribution in [-0.4, -0.2) is 22.1 Å². The summed E-state index contributed by atoms with van der Waals surface area (Å²) in [6.45, 7) is -0.440. The first-order valence-electron chi connectivity index (χ1n) is 4.42. The molecule has 2 aromatic rings. The van der Waals surface area contributed by atoms with Crippen molar-refractivity contribution in [3.8, 4) is 0 Å². The van der Waals surface area contributed by atoms with Crippen LogP contribution in [0.1, 0.15) is 10.5 Å². The van der Waals surface area contributed by atoms with E-state index < -0.39 is 6.61 Å². The van der Waals surface area contributed by atoms with Crippen molar-refractivity contribution in [1.82, 2.24) is 4.57 Å². The van der Waals surface area contributed by atoms with E-state index in [0.29, 0.717) is 5.69 Å². The fourth-order valence-electron chi connectivity index (χ4n) is 1.64. The van der Waals surface area contributed by atoms with Crippen LogP contribution >= 0.6 is 0 Å². The number of nitrogens with zero attached hydrogens (tertiary/aromatic N) is 1. The van der Waals surface area contributed by atoms with Crippen molar-refractivity contribution in [2.75, 3.05) is 6.61 Å². The second-order valence-corrected chi connectivity index (χ2v) is 3.23. The molecule has 0 aliphatic rings. The highest BCUT2D eigenvalue weighted by atomic mass is 16.3. The Kier molecular flexibility index (Phi) is 2.09. The van der Waals surface area contributed by atoms with Gasteiger partial charge in [0, 0.05) is 18.0 Å². The van der Waals surface area contributed by atoms with Gasteiger partial charge in [0.25, 0.3) is 0 Å². The van der Waals surface area contributed by atoms with Crippen LogP contribution in [0.15, 0.2) is 30.3 Å². The highest BCUT2D eigenvalue weighted by Crippen LogP contribution is 2.18. The van der Waals surface area contributed by atoms with Crippen LogP contribution in [0, 0.1) is 0 Å². The summed E-state index contributed by atoms with van der Waals surface area (Å²) in [4.78, 5) is 11.3. The van der Waals surface area contributed by atoms with Crippen LogP contribution in [0.4, 0.5) is 0 Å². The molecule has 0 saturated carbocycles. The third-order valence-electron chi connectivity index (χ3n) is 2.38. The molecule has 1 N–H and O–H groups in total. The molecule has 1 heterocycles. The molecule has 0 fully saturated rings. The van der Waals surface area contributed by atoms with E-state index in [-0.39, 0.29) is 5.78 Å². The molecule has 1 aromatic heterocycles. The Morgan fingerprint density at radius 2 is 2.14 bits per heavy atom. The first-order valence-corrected chi connectivity index (χ1v) is 4.42. The van der Waals surface area contributed by atoms with Gasteiger partial charge in [-0.2, -0.15) is 0 Å². The molecule has 14 heavy (non-hydrogen) atoms. The summed E-state index contributed by atoms with van der Waals surface area (Å²) < 4.78 is 1.80. The van der Waals surface area contributed by atoms with Crippen LogP contribution in [0.25, 0.3) is 10.9 Å². The van der Waals surface area contributed by atoms with Crippen molar-refractivity contribution in [3.63, 3.8) is 0 Å². The number of benzene rings is 1. The average Bonchev–Trinajstić information content (AvgIpc) is 2.56. The quantitative estimate of drug-likeness (QED) is 0.724. The van der Waals surface area contributed by atoms with Crippen LogP contribution in [0.2, 0.25) is 0 Å². The van der Waals surface area contributed by atoms with Gasteiger partial charge >= 0.3 is 0 Å². The Bertz CT molecular complexity index is 485. The number of carbonyl (C=O) groups is 1. The number of fused-ring (bicyclic) bond motifs is 1. The highest BCUT2D eigenvalue weighted by Gasteiger charge is 2.11. The zero-order chi connectivity index (χ0) is 10.1. The van der Waals surface area contributed by atoms with E-state index in [1.807, 2.05) is 31.3 Å². The van der Waals surface area contributed by atoms with E-state index in [1.54, 1.807) is 10.6 Å². The molecular formula is C11H11NO2. The van der Waals surface area contributed by atoms with Gasteiger partial charge in [-0.3, -0.25) is 4.79 Å². The van der Waals surface area contributed by atoms with Gasteiger partial charge in [0.1, 0.15) is 6.61 Å². The SMILES string of the molecule is Cn1c(C(=O)CO)cc2ccccc21. The number of aliphatic hydroxyl groups is 1. The van der Waals surface area contributed by atoms with Gasteiger partial charge in [-0.05, 0) is 12.1 Å². The van der Waals surface area contributed by atoms with Crippen LogP contribution in [-0.2, 0) is 7.05 Å². The number of carbonyl (C=O) groups excluding carboxylic acids is 1.